The Labute approximate surface area is 120 Å². The molecule has 3 rings (SSSR count). The summed E-state index contributed by atoms with van der Waals surface area (Å²) in [5, 5.41) is 0. The zero-order valence-electron chi connectivity index (χ0n) is 12.6. The Morgan fingerprint density at radius 3 is 2.65 bits per heavy atom. The summed E-state index contributed by atoms with van der Waals surface area (Å²) in [6, 6.07) is 8.59. The summed E-state index contributed by atoms with van der Waals surface area (Å²) in [6.07, 6.45) is 4.53. The predicted octanol–water partition coefficient (Wildman–Crippen LogP) is 4.47. The summed E-state index contributed by atoms with van der Waals surface area (Å²) in [6.45, 7) is 5.77. The number of ether oxygens (including phenoxy) is 1. The monoisotopic (exact) mass is 273 g/mol. The highest BCUT2D eigenvalue weighted by Gasteiger charge is 2.43. The van der Waals surface area contributed by atoms with Crippen LogP contribution in [0.25, 0.3) is 0 Å². The maximum Gasteiger partial charge on any atom is 0.415 e. The molecule has 0 unspecified atom stereocenters. The molecule has 0 saturated heterocycles. The maximum absolute atomic E-state index is 12.6. The van der Waals surface area contributed by atoms with E-state index in [-0.39, 0.29) is 12.1 Å². The van der Waals surface area contributed by atoms with Crippen molar-refractivity contribution < 1.29 is 9.53 Å². The molecule has 2 aliphatic rings. The average Bonchev–Trinajstić information content (AvgIpc) is 2.71. The average molecular weight is 273 g/mol. The Balaban J connectivity index is 1.95. The Kier molecular flexibility index (Phi) is 3.23. The van der Waals surface area contributed by atoms with Gasteiger partial charge in [-0.05, 0) is 45.2 Å². The molecular weight excluding hydrogens is 250 g/mol. The molecule has 0 radical (unpaired) electrons. The van der Waals surface area contributed by atoms with Gasteiger partial charge in [-0.3, -0.25) is 4.90 Å². The van der Waals surface area contributed by atoms with Crippen LogP contribution >= 0.6 is 0 Å². The molecule has 1 aromatic rings. The van der Waals surface area contributed by atoms with Gasteiger partial charge in [0.15, 0.2) is 0 Å². The molecule has 1 amide bonds. The Morgan fingerprint density at radius 1 is 1.20 bits per heavy atom. The lowest BCUT2D eigenvalue weighted by Gasteiger charge is -2.33. The van der Waals surface area contributed by atoms with Crippen LogP contribution in [0.15, 0.2) is 24.3 Å². The molecule has 0 spiro atoms. The van der Waals surface area contributed by atoms with Crippen molar-refractivity contribution in [3.63, 3.8) is 0 Å². The minimum absolute atomic E-state index is 0.195. The summed E-state index contributed by atoms with van der Waals surface area (Å²) in [4.78, 5) is 14.5. The van der Waals surface area contributed by atoms with Gasteiger partial charge in [0.05, 0.1) is 5.69 Å². The van der Waals surface area contributed by atoms with E-state index >= 15 is 0 Å². The summed E-state index contributed by atoms with van der Waals surface area (Å²) in [5.41, 5.74) is 1.93. The number of para-hydroxylation sites is 1. The molecule has 20 heavy (non-hydrogen) atoms. The Morgan fingerprint density at radius 2 is 1.90 bits per heavy atom. The molecular formula is C17H23NO2. The fraction of sp³-hybridized carbons (Fsp3) is 0.588. The summed E-state index contributed by atoms with van der Waals surface area (Å²) in [7, 11) is 0. The first-order chi connectivity index (χ1) is 9.47. The molecule has 0 N–H and O–H groups in total. The summed E-state index contributed by atoms with van der Waals surface area (Å²) in [5.74, 6) is 0.493. The van der Waals surface area contributed by atoms with Gasteiger partial charge in [0, 0.05) is 12.0 Å². The van der Waals surface area contributed by atoms with Gasteiger partial charge >= 0.3 is 6.09 Å². The molecule has 3 nitrogen and oxygen atoms in total. The van der Waals surface area contributed by atoms with E-state index in [0.717, 1.165) is 12.1 Å². The van der Waals surface area contributed by atoms with Crippen molar-refractivity contribution in [1.82, 2.24) is 0 Å². The Bertz CT molecular complexity index is 518. The Hall–Kier alpha value is -1.51. The van der Waals surface area contributed by atoms with Crippen LogP contribution in [-0.4, -0.2) is 17.7 Å². The normalized spacial score (nSPS) is 25.1. The van der Waals surface area contributed by atoms with Gasteiger partial charge in [-0.1, -0.05) is 31.0 Å². The molecule has 1 heterocycles. The SMILES string of the molecule is CC(C)(C)OC(=O)N1c2ccccc2[C@@H]2CCCC[C@@H]21. The molecule has 1 aliphatic heterocycles. The van der Waals surface area contributed by atoms with Gasteiger partial charge in [0.1, 0.15) is 5.60 Å². The smallest absolute Gasteiger partial charge is 0.415 e. The number of amides is 1. The van der Waals surface area contributed by atoms with E-state index in [0.29, 0.717) is 5.92 Å². The molecule has 1 fully saturated rings. The van der Waals surface area contributed by atoms with E-state index in [1.165, 1.54) is 24.8 Å². The number of hydrogen-bond donors (Lipinski definition) is 0. The van der Waals surface area contributed by atoms with E-state index in [2.05, 4.69) is 18.2 Å². The molecule has 1 aliphatic carbocycles. The number of nitrogens with zero attached hydrogens (tertiary/aromatic N) is 1. The van der Waals surface area contributed by atoms with Crippen molar-refractivity contribution in [1.29, 1.82) is 0 Å². The van der Waals surface area contributed by atoms with Crippen LogP contribution in [0.4, 0.5) is 10.5 Å². The number of rotatable bonds is 0. The highest BCUT2D eigenvalue weighted by atomic mass is 16.6. The van der Waals surface area contributed by atoms with E-state index in [4.69, 9.17) is 4.74 Å². The van der Waals surface area contributed by atoms with Crippen LogP contribution in [0, 0.1) is 0 Å². The minimum Gasteiger partial charge on any atom is -0.443 e. The van der Waals surface area contributed by atoms with Crippen molar-refractivity contribution >= 4 is 11.8 Å². The van der Waals surface area contributed by atoms with Crippen LogP contribution in [0.3, 0.4) is 0 Å². The topological polar surface area (TPSA) is 29.5 Å². The molecule has 0 aromatic heterocycles. The van der Waals surface area contributed by atoms with Gasteiger partial charge in [-0.15, -0.1) is 0 Å². The first kappa shape index (κ1) is 13.5. The van der Waals surface area contributed by atoms with Crippen LogP contribution in [0.1, 0.15) is 57.9 Å². The van der Waals surface area contributed by atoms with Crippen LogP contribution in [-0.2, 0) is 4.74 Å². The van der Waals surface area contributed by atoms with Crippen molar-refractivity contribution in [2.45, 2.75) is 64.0 Å². The van der Waals surface area contributed by atoms with Gasteiger partial charge in [0.25, 0.3) is 0 Å². The van der Waals surface area contributed by atoms with Crippen LogP contribution in [0.2, 0.25) is 0 Å². The van der Waals surface area contributed by atoms with Crippen molar-refractivity contribution in [3.05, 3.63) is 29.8 Å². The number of anilines is 1. The molecule has 108 valence electrons. The van der Waals surface area contributed by atoms with Crippen molar-refractivity contribution in [2.24, 2.45) is 0 Å². The lowest BCUT2D eigenvalue weighted by molar-refractivity contribution is 0.0560. The third kappa shape index (κ3) is 2.30. The number of carbonyl (C=O) groups excluding carboxylic acids is 1. The fourth-order valence-electron chi connectivity index (χ4n) is 3.53. The fourth-order valence-corrected chi connectivity index (χ4v) is 3.53. The van der Waals surface area contributed by atoms with Gasteiger partial charge in [-0.2, -0.15) is 0 Å². The van der Waals surface area contributed by atoms with Crippen molar-refractivity contribution in [3.8, 4) is 0 Å². The summed E-state index contributed by atoms with van der Waals surface area (Å²) >= 11 is 0. The van der Waals surface area contributed by atoms with E-state index in [9.17, 15) is 4.79 Å². The molecule has 1 aromatic carbocycles. The standard InChI is InChI=1S/C17H23NO2/c1-17(2,3)20-16(19)18-14-10-6-4-8-12(14)13-9-5-7-11-15(13)18/h4,6,8,10,13,15H,5,7,9,11H2,1-3H3/t13-,15-/m0/s1. The largest absolute Gasteiger partial charge is 0.443 e. The summed E-state index contributed by atoms with van der Waals surface area (Å²) < 4.78 is 5.61. The van der Waals surface area contributed by atoms with E-state index in [1.807, 2.05) is 31.7 Å². The second-order valence-electron chi connectivity index (χ2n) is 6.87. The first-order valence-corrected chi connectivity index (χ1v) is 7.58. The second kappa shape index (κ2) is 4.80. The highest BCUT2D eigenvalue weighted by Crippen LogP contribution is 2.48. The second-order valence-corrected chi connectivity index (χ2v) is 6.87. The van der Waals surface area contributed by atoms with Gasteiger partial charge in [-0.25, -0.2) is 4.79 Å². The molecule has 0 bridgehead atoms. The zero-order chi connectivity index (χ0) is 14.3. The number of hydrogen-bond acceptors (Lipinski definition) is 2. The van der Waals surface area contributed by atoms with Gasteiger partial charge in [0.2, 0.25) is 0 Å². The third-order valence-corrected chi connectivity index (χ3v) is 4.25. The van der Waals surface area contributed by atoms with Crippen LogP contribution in [0.5, 0.6) is 0 Å². The lowest BCUT2D eigenvalue weighted by Crippen LogP contribution is -2.43. The highest BCUT2D eigenvalue weighted by molar-refractivity contribution is 5.92. The molecule has 1 saturated carbocycles. The minimum atomic E-state index is -0.446. The molecule has 3 heteroatoms. The maximum atomic E-state index is 12.6. The predicted molar refractivity (Wildman–Crippen MR) is 80.2 cm³/mol. The molecule has 2 atom stereocenters. The number of carbonyl (C=O) groups is 1. The van der Waals surface area contributed by atoms with Gasteiger partial charge < -0.3 is 4.74 Å². The van der Waals surface area contributed by atoms with Crippen molar-refractivity contribution in [2.75, 3.05) is 4.90 Å². The zero-order valence-corrected chi connectivity index (χ0v) is 12.6. The lowest BCUT2D eigenvalue weighted by atomic mass is 9.82. The van der Waals surface area contributed by atoms with Crippen LogP contribution < -0.4 is 4.90 Å². The first-order valence-electron chi connectivity index (χ1n) is 7.58. The number of fused-ring (bicyclic) bond motifs is 3. The quantitative estimate of drug-likeness (QED) is 0.698. The van der Waals surface area contributed by atoms with E-state index < -0.39 is 5.60 Å². The number of benzene rings is 1. The third-order valence-electron chi connectivity index (χ3n) is 4.25. The van der Waals surface area contributed by atoms with E-state index in [1.54, 1.807) is 0 Å².